The van der Waals surface area contributed by atoms with Crippen molar-refractivity contribution < 1.29 is 86.2 Å². The number of aliphatic hydroxyl groups excluding tert-OH is 1. The van der Waals surface area contributed by atoms with Crippen LogP contribution in [0.1, 0.15) is 81.1 Å². The fourth-order valence-electron chi connectivity index (χ4n) is 9.71. The van der Waals surface area contributed by atoms with Crippen LogP contribution in [0.5, 0.6) is 0 Å². The number of hydrogen-bond acceptors (Lipinski definition) is 19. The summed E-state index contributed by atoms with van der Waals surface area (Å²) in [6.07, 6.45) is -3.59. The largest absolute Gasteiger partial charge is 0.462 e. The number of fused-ring (bicyclic) bond motifs is 3. The number of allylic oxidation sites excluding steroid dienone is 3. The molecule has 4 rings (SSSR count). The Kier molecular flexibility index (Phi) is 22.3. The summed E-state index contributed by atoms with van der Waals surface area (Å²) in [5, 5.41) is 21.8. The maximum atomic E-state index is 14.4. The van der Waals surface area contributed by atoms with Crippen molar-refractivity contribution in [2.75, 3.05) is 68.5 Å². The minimum atomic E-state index is -1.82. The van der Waals surface area contributed by atoms with Crippen molar-refractivity contribution in [2.45, 2.75) is 166 Å². The van der Waals surface area contributed by atoms with E-state index in [1.807, 2.05) is 40.7 Å². The monoisotopic (exact) mass is 958 g/mol. The number of cyclic esters (lactones) is 1. The third-order valence-corrected chi connectivity index (χ3v) is 13.3. The molecule has 384 valence electrons. The Labute approximate surface area is 396 Å². The van der Waals surface area contributed by atoms with Crippen LogP contribution < -0.4 is 0 Å². The van der Waals surface area contributed by atoms with Gasteiger partial charge in [0.05, 0.1) is 63.3 Å². The molecule has 2 bridgehead atoms. The molecule has 0 radical (unpaired) electrons. The number of methoxy groups -OCH3 is 3. The number of likely N-dealkylation sites (N-methyl/N-ethyl adjacent to an activating group) is 1. The van der Waals surface area contributed by atoms with Gasteiger partial charge in [0.1, 0.15) is 36.1 Å². The fraction of sp³-hybridized carbons (Fsp3) is 0.833. The highest BCUT2D eigenvalue weighted by molar-refractivity contribution is 5.91. The Bertz CT molecular complexity index is 1660. The molecule has 0 amide bonds. The number of rotatable bonds is 13. The highest BCUT2D eigenvalue weighted by Crippen LogP contribution is 2.38. The molecule has 0 saturated carbocycles. The molecule has 67 heavy (non-hydrogen) atoms. The smallest absolute Gasteiger partial charge is 0.308 e. The molecule has 0 aromatic carbocycles. The molecule has 4 aliphatic heterocycles. The number of carbonyl (C=O) groups is 4. The Morgan fingerprint density at radius 1 is 0.851 bits per heavy atom. The summed E-state index contributed by atoms with van der Waals surface area (Å²) in [4.78, 5) is 55.3. The summed E-state index contributed by atoms with van der Waals surface area (Å²) < 4.78 is 73.8. The van der Waals surface area contributed by atoms with Crippen LogP contribution in [0, 0.1) is 23.7 Å². The number of ether oxygens (including phenoxy) is 12. The van der Waals surface area contributed by atoms with E-state index >= 15 is 0 Å². The van der Waals surface area contributed by atoms with E-state index in [-0.39, 0.29) is 38.4 Å². The van der Waals surface area contributed by atoms with E-state index in [2.05, 4.69) is 0 Å². The molecule has 4 aliphatic rings. The summed E-state index contributed by atoms with van der Waals surface area (Å²) >= 11 is 0. The van der Waals surface area contributed by atoms with Gasteiger partial charge in [0.25, 0.3) is 0 Å². The molecule has 4 heterocycles. The zero-order chi connectivity index (χ0) is 49.7. The summed E-state index contributed by atoms with van der Waals surface area (Å²) in [7, 11) is 8.21. The molecular formula is C48H79NO18. The van der Waals surface area contributed by atoms with Crippen molar-refractivity contribution in [1.82, 2.24) is 4.90 Å². The summed E-state index contributed by atoms with van der Waals surface area (Å²) in [5.41, 5.74) is -1.10. The van der Waals surface area contributed by atoms with Crippen molar-refractivity contribution in [2.24, 2.45) is 23.7 Å². The van der Waals surface area contributed by atoms with Crippen LogP contribution in [-0.2, 0) is 76.0 Å². The van der Waals surface area contributed by atoms with Gasteiger partial charge in [-0.15, -0.1) is 0 Å². The average molecular weight is 958 g/mol. The number of nitrogens with zero attached hydrogens (tertiary/aromatic N) is 1. The highest BCUT2D eigenvalue weighted by atomic mass is 16.7. The van der Waals surface area contributed by atoms with Gasteiger partial charge in [-0.2, -0.15) is 0 Å². The summed E-state index contributed by atoms with van der Waals surface area (Å²) in [5.74, 6) is -4.20. The normalized spacial score (nSPS) is 41.1. The first-order valence-corrected chi connectivity index (χ1v) is 23.5. The van der Waals surface area contributed by atoms with Gasteiger partial charge in [-0.25, -0.2) is 0 Å². The topological polar surface area (TPSA) is 223 Å². The zero-order valence-corrected chi connectivity index (χ0v) is 41.8. The molecule has 3 saturated heterocycles. The number of aliphatic hydroxyl groups is 2. The maximum Gasteiger partial charge on any atom is 0.308 e. The lowest BCUT2D eigenvalue weighted by Crippen LogP contribution is -2.65. The van der Waals surface area contributed by atoms with Crippen molar-refractivity contribution in [3.8, 4) is 0 Å². The fourth-order valence-corrected chi connectivity index (χ4v) is 9.71. The Morgan fingerprint density at radius 3 is 2.07 bits per heavy atom. The molecule has 18 atom stereocenters. The SMILES string of the molecule is CC[C@H]1OC(=O)C[C@H]2OCC(O)(CO)COCC[C@@H](C[C@@H](C)C(=O)/C=C/C(C)=C/[C@@H]1COC1O[C@H](C)[C@@H](OC)[C@@H](OC)[C@H]1OC)[C@H](OC1O[C@H](C)[C@@H](OC(C)=O)[C@H](N(C)C)[C@H]1OC(C)=O)[C@H]2C. The first-order valence-electron chi connectivity index (χ1n) is 23.5. The van der Waals surface area contributed by atoms with Gasteiger partial charge < -0.3 is 67.1 Å². The molecular weight excluding hydrogens is 879 g/mol. The van der Waals surface area contributed by atoms with Gasteiger partial charge in [0.2, 0.25) is 0 Å². The minimum Gasteiger partial charge on any atom is -0.462 e. The quantitative estimate of drug-likeness (QED) is 0.200. The average Bonchev–Trinajstić information content (AvgIpc) is 3.29. The summed E-state index contributed by atoms with van der Waals surface area (Å²) in [6, 6.07) is -0.713. The van der Waals surface area contributed by atoms with Crippen LogP contribution in [-0.4, -0.2) is 193 Å². The lowest BCUT2D eigenvalue weighted by Gasteiger charge is -2.48. The van der Waals surface area contributed by atoms with Gasteiger partial charge >= 0.3 is 17.9 Å². The third kappa shape index (κ3) is 15.3. The van der Waals surface area contributed by atoms with Crippen molar-refractivity contribution in [3.63, 3.8) is 0 Å². The highest BCUT2D eigenvalue weighted by Gasteiger charge is 2.52. The van der Waals surface area contributed by atoms with Gasteiger partial charge in [-0.1, -0.05) is 38.5 Å². The predicted molar refractivity (Wildman–Crippen MR) is 240 cm³/mol. The number of hydrogen-bond donors (Lipinski definition) is 2. The van der Waals surface area contributed by atoms with E-state index in [9.17, 15) is 29.4 Å². The second kappa shape index (κ2) is 26.3. The Morgan fingerprint density at radius 2 is 1.48 bits per heavy atom. The van der Waals surface area contributed by atoms with Crippen LogP contribution in [0.4, 0.5) is 0 Å². The molecule has 0 aromatic heterocycles. The molecule has 0 aromatic rings. The first-order chi connectivity index (χ1) is 31.7. The second-order valence-electron chi connectivity index (χ2n) is 18.8. The number of ketones is 1. The lowest BCUT2D eigenvalue weighted by atomic mass is 9.79. The van der Waals surface area contributed by atoms with E-state index in [4.69, 9.17) is 56.8 Å². The lowest BCUT2D eigenvalue weighted by molar-refractivity contribution is -0.309. The maximum absolute atomic E-state index is 14.4. The standard InChI is InChI=1S/C48H79NO18/c1-14-36-34(22-60-46-45(58-13)44(57-12)42(56-11)30(6)62-46)19-26(2)15-16-35(53)27(3)20-33-17-18-59-24-48(55,23-50)25-61-37(21-38(54)66-36)28(4)40(33)67-47-43(65-32(8)52)39(49(9)10)41(29(5)63-47)64-31(7)51/h15-16,19,27-30,33-34,36-37,39-47,50,55H,14,17-18,20-25H2,1-13H3/b16-15+,26-19+/t27-,28+,29-,30-,33+,34-,36-,37-,39+,40-,41-,42-,43-,44-,45-,46?,47?,48?/m1/s1. The number of carbonyl (C=O) groups excluding carboxylic acids is 4. The van der Waals surface area contributed by atoms with E-state index in [1.54, 1.807) is 46.2 Å². The zero-order valence-electron chi connectivity index (χ0n) is 41.8. The van der Waals surface area contributed by atoms with Gasteiger partial charge in [0.15, 0.2) is 24.5 Å². The molecule has 0 spiro atoms. The van der Waals surface area contributed by atoms with E-state index in [1.165, 1.54) is 27.0 Å². The molecule has 19 nitrogen and oxygen atoms in total. The molecule has 19 heteroatoms. The van der Waals surface area contributed by atoms with Crippen molar-refractivity contribution in [3.05, 3.63) is 23.8 Å². The van der Waals surface area contributed by atoms with Crippen LogP contribution in [0.2, 0.25) is 0 Å². The Balaban J connectivity index is 1.80. The Hall–Kier alpha value is -2.92. The van der Waals surface area contributed by atoms with Crippen LogP contribution in [0.3, 0.4) is 0 Å². The first kappa shape index (κ1) is 56.7. The van der Waals surface area contributed by atoms with Gasteiger partial charge in [-0.05, 0) is 66.1 Å². The third-order valence-electron chi connectivity index (χ3n) is 13.3. The molecule has 3 fully saturated rings. The van der Waals surface area contributed by atoms with E-state index < -0.39 is 140 Å². The second-order valence-corrected chi connectivity index (χ2v) is 18.8. The minimum absolute atomic E-state index is 0.0275. The van der Waals surface area contributed by atoms with Gasteiger partial charge in [-0.3, -0.25) is 24.1 Å². The molecule has 3 unspecified atom stereocenters. The summed E-state index contributed by atoms with van der Waals surface area (Å²) in [6.45, 7) is 12.3. The van der Waals surface area contributed by atoms with E-state index in [0.717, 1.165) is 5.57 Å². The van der Waals surface area contributed by atoms with Crippen LogP contribution in [0.25, 0.3) is 0 Å². The van der Waals surface area contributed by atoms with E-state index in [0.29, 0.717) is 12.8 Å². The molecule has 2 N–H and O–H groups in total. The number of esters is 3. The van der Waals surface area contributed by atoms with Crippen LogP contribution in [0.15, 0.2) is 23.8 Å². The van der Waals surface area contributed by atoms with Crippen molar-refractivity contribution >= 4 is 23.7 Å². The van der Waals surface area contributed by atoms with Crippen LogP contribution >= 0.6 is 0 Å². The van der Waals surface area contributed by atoms with Gasteiger partial charge in [0, 0.05) is 59.5 Å². The molecule has 0 aliphatic carbocycles. The van der Waals surface area contributed by atoms with Crippen molar-refractivity contribution in [1.29, 1.82) is 0 Å². The predicted octanol–water partition coefficient (Wildman–Crippen LogP) is 2.94.